The van der Waals surface area contributed by atoms with E-state index in [-0.39, 0.29) is 12.5 Å². The molecule has 0 spiro atoms. The van der Waals surface area contributed by atoms with Gasteiger partial charge in [-0.1, -0.05) is 0 Å². The van der Waals surface area contributed by atoms with Gasteiger partial charge in [-0.3, -0.25) is 4.79 Å². The SMILES string of the molecule is CC(C)N(CCC(=O)O)c1ncnc2sccc12. The van der Waals surface area contributed by atoms with Crippen molar-refractivity contribution in [3.05, 3.63) is 17.8 Å². The van der Waals surface area contributed by atoms with Crippen molar-refractivity contribution in [2.24, 2.45) is 0 Å². The average molecular weight is 265 g/mol. The molecule has 2 heterocycles. The summed E-state index contributed by atoms with van der Waals surface area (Å²) in [5.74, 6) is 0.0220. The summed E-state index contributed by atoms with van der Waals surface area (Å²) < 4.78 is 0. The Kier molecular flexibility index (Phi) is 3.76. The van der Waals surface area contributed by atoms with E-state index in [1.165, 1.54) is 6.33 Å². The molecule has 2 aromatic rings. The average Bonchev–Trinajstić information content (AvgIpc) is 2.77. The molecule has 0 radical (unpaired) electrons. The number of fused-ring (bicyclic) bond motifs is 1. The molecule has 0 bridgehead atoms. The van der Waals surface area contributed by atoms with E-state index in [4.69, 9.17) is 5.11 Å². The predicted octanol–water partition coefficient (Wildman–Crippen LogP) is 2.38. The van der Waals surface area contributed by atoms with E-state index in [1.807, 2.05) is 30.2 Å². The van der Waals surface area contributed by atoms with Gasteiger partial charge in [-0.2, -0.15) is 0 Å². The third-order valence-electron chi connectivity index (χ3n) is 2.70. The van der Waals surface area contributed by atoms with Crippen molar-refractivity contribution in [2.75, 3.05) is 11.4 Å². The Morgan fingerprint density at radius 1 is 1.50 bits per heavy atom. The molecule has 0 aliphatic heterocycles. The zero-order valence-corrected chi connectivity index (χ0v) is 11.1. The van der Waals surface area contributed by atoms with Crippen LogP contribution in [0.1, 0.15) is 20.3 Å². The fourth-order valence-electron chi connectivity index (χ4n) is 1.83. The second-order valence-electron chi connectivity index (χ2n) is 4.27. The maximum absolute atomic E-state index is 10.7. The molecular formula is C12H15N3O2S. The minimum atomic E-state index is -0.795. The van der Waals surface area contributed by atoms with E-state index >= 15 is 0 Å². The largest absolute Gasteiger partial charge is 0.481 e. The summed E-state index contributed by atoms with van der Waals surface area (Å²) in [7, 11) is 0. The molecule has 1 N–H and O–H groups in total. The van der Waals surface area contributed by atoms with Crippen LogP contribution in [0, 0.1) is 0 Å². The summed E-state index contributed by atoms with van der Waals surface area (Å²) in [5.41, 5.74) is 0. The van der Waals surface area contributed by atoms with Crippen molar-refractivity contribution in [3.63, 3.8) is 0 Å². The molecule has 0 amide bonds. The van der Waals surface area contributed by atoms with Gasteiger partial charge in [-0.15, -0.1) is 11.3 Å². The lowest BCUT2D eigenvalue weighted by atomic mass is 10.2. The first kappa shape index (κ1) is 12.8. The van der Waals surface area contributed by atoms with Gasteiger partial charge in [0.25, 0.3) is 0 Å². The van der Waals surface area contributed by atoms with Crippen molar-refractivity contribution in [1.82, 2.24) is 9.97 Å². The third kappa shape index (κ3) is 2.59. The number of carboxylic acids is 1. The van der Waals surface area contributed by atoms with E-state index < -0.39 is 5.97 Å². The fraction of sp³-hybridized carbons (Fsp3) is 0.417. The highest BCUT2D eigenvalue weighted by Gasteiger charge is 2.16. The second kappa shape index (κ2) is 5.30. The Hall–Kier alpha value is -1.69. The number of carboxylic acid groups (broad SMARTS) is 1. The van der Waals surface area contributed by atoms with Crippen LogP contribution in [0.15, 0.2) is 17.8 Å². The van der Waals surface area contributed by atoms with Crippen LogP contribution in [0.5, 0.6) is 0 Å². The first-order chi connectivity index (χ1) is 8.59. The Balaban J connectivity index is 2.35. The lowest BCUT2D eigenvalue weighted by Gasteiger charge is -2.27. The minimum Gasteiger partial charge on any atom is -0.481 e. The lowest BCUT2D eigenvalue weighted by Crippen LogP contribution is -2.33. The maximum Gasteiger partial charge on any atom is 0.305 e. The monoisotopic (exact) mass is 265 g/mol. The number of aliphatic carboxylic acids is 1. The lowest BCUT2D eigenvalue weighted by molar-refractivity contribution is -0.136. The molecular weight excluding hydrogens is 250 g/mol. The van der Waals surface area contributed by atoms with Gasteiger partial charge in [0.1, 0.15) is 17.0 Å². The number of rotatable bonds is 5. The van der Waals surface area contributed by atoms with Crippen LogP contribution >= 0.6 is 11.3 Å². The summed E-state index contributed by atoms with van der Waals surface area (Å²) >= 11 is 1.56. The van der Waals surface area contributed by atoms with Gasteiger partial charge in [0.15, 0.2) is 0 Å². The summed E-state index contributed by atoms with van der Waals surface area (Å²) in [6.45, 7) is 4.51. The smallest absolute Gasteiger partial charge is 0.305 e. The van der Waals surface area contributed by atoms with Crippen molar-refractivity contribution in [2.45, 2.75) is 26.3 Å². The normalized spacial score (nSPS) is 11.1. The molecule has 0 unspecified atom stereocenters. The topological polar surface area (TPSA) is 66.3 Å². The molecule has 0 atom stereocenters. The van der Waals surface area contributed by atoms with Crippen LogP contribution < -0.4 is 4.90 Å². The third-order valence-corrected chi connectivity index (χ3v) is 3.52. The van der Waals surface area contributed by atoms with Gasteiger partial charge in [-0.25, -0.2) is 9.97 Å². The Bertz CT molecular complexity index is 553. The van der Waals surface area contributed by atoms with Crippen LogP contribution in [0.4, 0.5) is 5.82 Å². The summed E-state index contributed by atoms with van der Waals surface area (Å²) in [5, 5.41) is 11.8. The molecule has 18 heavy (non-hydrogen) atoms. The molecule has 0 saturated heterocycles. The number of thiophene rings is 1. The van der Waals surface area contributed by atoms with Gasteiger partial charge < -0.3 is 10.0 Å². The number of nitrogens with zero attached hydrogens (tertiary/aromatic N) is 3. The van der Waals surface area contributed by atoms with Gasteiger partial charge >= 0.3 is 5.97 Å². The van der Waals surface area contributed by atoms with Gasteiger partial charge in [-0.05, 0) is 25.3 Å². The Morgan fingerprint density at radius 3 is 2.94 bits per heavy atom. The van der Waals surface area contributed by atoms with E-state index in [2.05, 4.69) is 9.97 Å². The number of hydrogen-bond donors (Lipinski definition) is 1. The highest BCUT2D eigenvalue weighted by Crippen LogP contribution is 2.27. The van der Waals surface area contributed by atoms with Crippen molar-refractivity contribution in [1.29, 1.82) is 0 Å². The van der Waals surface area contributed by atoms with Crippen LogP contribution in [-0.4, -0.2) is 33.6 Å². The molecule has 0 fully saturated rings. The van der Waals surface area contributed by atoms with Crippen LogP contribution in [0.2, 0.25) is 0 Å². The minimum absolute atomic E-state index is 0.105. The molecule has 0 aromatic carbocycles. The summed E-state index contributed by atoms with van der Waals surface area (Å²) in [6, 6.07) is 2.17. The van der Waals surface area contributed by atoms with Crippen LogP contribution in [0.3, 0.4) is 0 Å². The zero-order chi connectivity index (χ0) is 13.1. The number of carbonyl (C=O) groups is 1. The van der Waals surface area contributed by atoms with Crippen molar-refractivity contribution in [3.8, 4) is 0 Å². The highest BCUT2D eigenvalue weighted by atomic mass is 32.1. The standard InChI is InChI=1S/C12H15N3O2S/c1-8(2)15(5-3-10(16)17)11-9-4-6-18-12(9)14-7-13-11/h4,6-8H,3,5H2,1-2H3,(H,16,17). The number of aromatic nitrogens is 2. The molecule has 5 nitrogen and oxygen atoms in total. The van der Waals surface area contributed by atoms with E-state index in [9.17, 15) is 4.79 Å². The fourth-order valence-corrected chi connectivity index (χ4v) is 2.56. The molecule has 96 valence electrons. The zero-order valence-electron chi connectivity index (χ0n) is 10.3. The number of anilines is 1. The first-order valence-corrected chi connectivity index (χ1v) is 6.64. The predicted molar refractivity (Wildman–Crippen MR) is 72.1 cm³/mol. The highest BCUT2D eigenvalue weighted by molar-refractivity contribution is 7.16. The molecule has 2 aromatic heterocycles. The van der Waals surface area contributed by atoms with Crippen molar-refractivity contribution < 1.29 is 9.90 Å². The Morgan fingerprint density at radius 2 is 2.28 bits per heavy atom. The molecule has 0 aliphatic rings. The summed E-state index contributed by atoms with van der Waals surface area (Å²) in [6.07, 6.45) is 1.64. The molecule has 0 saturated carbocycles. The molecule has 2 rings (SSSR count). The second-order valence-corrected chi connectivity index (χ2v) is 5.16. The molecule has 6 heteroatoms. The van der Waals surface area contributed by atoms with Crippen LogP contribution in [-0.2, 0) is 4.79 Å². The van der Waals surface area contributed by atoms with Gasteiger partial charge in [0.2, 0.25) is 0 Å². The van der Waals surface area contributed by atoms with Gasteiger partial charge in [0.05, 0.1) is 11.8 Å². The Labute approximate surface area is 109 Å². The quantitative estimate of drug-likeness (QED) is 0.899. The van der Waals surface area contributed by atoms with E-state index in [1.54, 1.807) is 11.3 Å². The molecule has 0 aliphatic carbocycles. The summed E-state index contributed by atoms with van der Waals surface area (Å²) in [4.78, 5) is 22.2. The van der Waals surface area contributed by atoms with Crippen molar-refractivity contribution >= 4 is 33.3 Å². The van der Waals surface area contributed by atoms with E-state index in [0.717, 1.165) is 16.0 Å². The maximum atomic E-state index is 10.7. The van der Waals surface area contributed by atoms with E-state index in [0.29, 0.717) is 6.54 Å². The number of hydrogen-bond acceptors (Lipinski definition) is 5. The first-order valence-electron chi connectivity index (χ1n) is 5.76. The van der Waals surface area contributed by atoms with Crippen LogP contribution in [0.25, 0.3) is 10.2 Å². The van der Waals surface area contributed by atoms with Gasteiger partial charge in [0, 0.05) is 12.6 Å².